The molecule has 0 saturated heterocycles. The summed E-state index contributed by atoms with van der Waals surface area (Å²) in [5.41, 5.74) is 4.28. The maximum atomic E-state index is 12.1. The molecule has 25 heavy (non-hydrogen) atoms. The number of carbonyl (C=O) groups is 2. The molecule has 128 valence electrons. The van der Waals surface area contributed by atoms with Crippen molar-refractivity contribution in [2.45, 2.75) is 19.8 Å². The molecule has 0 saturated carbocycles. The molecule has 0 spiro atoms. The van der Waals surface area contributed by atoms with Crippen molar-refractivity contribution in [3.8, 4) is 11.3 Å². The fourth-order valence-corrected chi connectivity index (χ4v) is 3.03. The highest BCUT2D eigenvalue weighted by Gasteiger charge is 2.13. The number of amides is 1. The number of ketones is 1. The number of aromatic amines is 1. The first-order valence-electron chi connectivity index (χ1n) is 7.97. The van der Waals surface area contributed by atoms with Gasteiger partial charge in [0.05, 0.1) is 11.2 Å². The fourth-order valence-electron chi connectivity index (χ4n) is 2.43. The standard InChI is InChI=1S/C18H18N4O2S/c1-12-17(20-11-25-12)16(23)8-5-9-19-18(24)15-10-14(21-22-15)13-6-3-2-4-7-13/h2-4,6-7,10-11H,5,8-9H2,1H3,(H,19,24)(H,21,22). The Bertz CT molecular complexity index is 870. The first kappa shape index (κ1) is 17.0. The predicted octanol–water partition coefficient (Wildman–Crippen LogP) is 3.23. The molecule has 3 rings (SSSR count). The monoisotopic (exact) mass is 354 g/mol. The SMILES string of the molecule is Cc1scnc1C(=O)CCCNC(=O)c1cc(-c2ccccc2)n[nH]1. The largest absolute Gasteiger partial charge is 0.351 e. The molecular weight excluding hydrogens is 336 g/mol. The summed E-state index contributed by atoms with van der Waals surface area (Å²) in [6.07, 6.45) is 0.935. The Labute approximate surface area is 149 Å². The number of hydrogen-bond acceptors (Lipinski definition) is 5. The molecular formula is C18H18N4O2S. The molecule has 0 radical (unpaired) electrons. The molecule has 6 nitrogen and oxygen atoms in total. The number of aromatic nitrogens is 3. The Kier molecular flexibility index (Phi) is 5.35. The highest BCUT2D eigenvalue weighted by Crippen LogP contribution is 2.17. The van der Waals surface area contributed by atoms with Crippen molar-refractivity contribution in [1.29, 1.82) is 0 Å². The van der Waals surface area contributed by atoms with Crippen LogP contribution in [0.1, 0.15) is 38.7 Å². The van der Waals surface area contributed by atoms with Crippen LogP contribution in [-0.4, -0.2) is 33.4 Å². The summed E-state index contributed by atoms with van der Waals surface area (Å²) in [4.78, 5) is 29.2. The van der Waals surface area contributed by atoms with Crippen LogP contribution in [-0.2, 0) is 0 Å². The number of Topliss-reactive ketones (excluding diaryl/α,β-unsaturated/α-hetero) is 1. The van der Waals surface area contributed by atoms with E-state index in [2.05, 4.69) is 20.5 Å². The number of hydrogen-bond donors (Lipinski definition) is 2. The number of carbonyl (C=O) groups excluding carboxylic acids is 2. The minimum Gasteiger partial charge on any atom is -0.351 e. The zero-order valence-corrected chi connectivity index (χ0v) is 14.6. The zero-order valence-electron chi connectivity index (χ0n) is 13.8. The highest BCUT2D eigenvalue weighted by atomic mass is 32.1. The van der Waals surface area contributed by atoms with Crippen LogP contribution < -0.4 is 5.32 Å². The number of benzene rings is 1. The van der Waals surface area contributed by atoms with E-state index in [9.17, 15) is 9.59 Å². The summed E-state index contributed by atoms with van der Waals surface area (Å²) in [6.45, 7) is 2.31. The van der Waals surface area contributed by atoms with E-state index in [1.54, 1.807) is 11.6 Å². The number of nitrogens with one attached hydrogen (secondary N) is 2. The molecule has 1 aromatic carbocycles. The average molecular weight is 354 g/mol. The van der Waals surface area contributed by atoms with Crippen molar-refractivity contribution in [2.75, 3.05) is 6.54 Å². The van der Waals surface area contributed by atoms with Gasteiger partial charge in [0, 0.05) is 23.4 Å². The van der Waals surface area contributed by atoms with Crippen molar-refractivity contribution in [1.82, 2.24) is 20.5 Å². The predicted molar refractivity (Wildman–Crippen MR) is 96.8 cm³/mol. The number of thiazole rings is 1. The second kappa shape index (κ2) is 7.85. The Hall–Kier alpha value is -2.80. The molecule has 0 fully saturated rings. The molecule has 1 amide bonds. The molecule has 2 N–H and O–H groups in total. The molecule has 0 unspecified atom stereocenters. The topological polar surface area (TPSA) is 87.7 Å². The lowest BCUT2D eigenvalue weighted by molar-refractivity contribution is 0.0933. The molecule has 0 aliphatic carbocycles. The van der Waals surface area contributed by atoms with Gasteiger partial charge in [0.15, 0.2) is 5.78 Å². The van der Waals surface area contributed by atoms with Gasteiger partial charge < -0.3 is 5.32 Å². The van der Waals surface area contributed by atoms with Crippen LogP contribution in [0.2, 0.25) is 0 Å². The van der Waals surface area contributed by atoms with Gasteiger partial charge in [-0.25, -0.2) is 4.98 Å². The van der Waals surface area contributed by atoms with Gasteiger partial charge in [0.25, 0.3) is 5.91 Å². The summed E-state index contributed by atoms with van der Waals surface area (Å²) in [6, 6.07) is 11.4. The lowest BCUT2D eigenvalue weighted by atomic mass is 10.1. The van der Waals surface area contributed by atoms with Crippen molar-refractivity contribution in [3.63, 3.8) is 0 Å². The third-order valence-corrected chi connectivity index (χ3v) is 4.52. The highest BCUT2D eigenvalue weighted by molar-refractivity contribution is 7.09. The summed E-state index contributed by atoms with van der Waals surface area (Å²) < 4.78 is 0. The Morgan fingerprint density at radius 2 is 2.04 bits per heavy atom. The Morgan fingerprint density at radius 1 is 1.24 bits per heavy atom. The van der Waals surface area contributed by atoms with E-state index in [1.165, 1.54) is 11.3 Å². The second-order valence-corrected chi connectivity index (χ2v) is 6.63. The maximum absolute atomic E-state index is 12.1. The van der Waals surface area contributed by atoms with Crippen LogP contribution in [0.15, 0.2) is 41.9 Å². The van der Waals surface area contributed by atoms with Crippen molar-refractivity contribution < 1.29 is 9.59 Å². The molecule has 3 aromatic rings. The van der Waals surface area contributed by atoms with Gasteiger partial charge in [-0.15, -0.1) is 11.3 Å². The maximum Gasteiger partial charge on any atom is 0.269 e. The van der Waals surface area contributed by atoms with Gasteiger partial charge in [-0.05, 0) is 19.4 Å². The average Bonchev–Trinajstić information content (AvgIpc) is 3.28. The van der Waals surface area contributed by atoms with Crippen LogP contribution >= 0.6 is 11.3 Å². The lowest BCUT2D eigenvalue weighted by Crippen LogP contribution is -2.25. The van der Waals surface area contributed by atoms with Crippen LogP contribution in [0, 0.1) is 6.92 Å². The van der Waals surface area contributed by atoms with E-state index in [0.29, 0.717) is 30.8 Å². The Morgan fingerprint density at radius 3 is 2.76 bits per heavy atom. The first-order chi connectivity index (χ1) is 12.1. The van der Waals surface area contributed by atoms with Crippen LogP contribution in [0.4, 0.5) is 0 Å². The van der Waals surface area contributed by atoms with Crippen LogP contribution in [0.25, 0.3) is 11.3 Å². The molecule has 2 heterocycles. The van der Waals surface area contributed by atoms with Crippen molar-refractivity contribution in [3.05, 3.63) is 58.2 Å². The van der Waals surface area contributed by atoms with Crippen molar-refractivity contribution >= 4 is 23.0 Å². The smallest absolute Gasteiger partial charge is 0.269 e. The van der Waals surface area contributed by atoms with E-state index in [1.807, 2.05) is 37.3 Å². The van der Waals surface area contributed by atoms with Gasteiger partial charge in [-0.3, -0.25) is 14.7 Å². The minimum absolute atomic E-state index is 0.0147. The van der Waals surface area contributed by atoms with E-state index >= 15 is 0 Å². The molecule has 0 atom stereocenters. The van der Waals surface area contributed by atoms with Gasteiger partial charge in [0.2, 0.25) is 0 Å². The minimum atomic E-state index is -0.230. The van der Waals surface area contributed by atoms with Crippen LogP contribution in [0.5, 0.6) is 0 Å². The van der Waals surface area contributed by atoms with Gasteiger partial charge in [0.1, 0.15) is 11.4 Å². The van der Waals surface area contributed by atoms with Gasteiger partial charge >= 0.3 is 0 Å². The molecule has 0 aliphatic heterocycles. The molecule has 7 heteroatoms. The normalized spacial score (nSPS) is 10.6. The lowest BCUT2D eigenvalue weighted by Gasteiger charge is -2.03. The summed E-state index contributed by atoms with van der Waals surface area (Å²) in [5, 5.41) is 9.71. The third kappa shape index (κ3) is 4.19. The van der Waals surface area contributed by atoms with E-state index < -0.39 is 0 Å². The second-order valence-electron chi connectivity index (χ2n) is 5.57. The van der Waals surface area contributed by atoms with E-state index in [4.69, 9.17) is 0 Å². The van der Waals surface area contributed by atoms with E-state index in [-0.39, 0.29) is 11.7 Å². The first-order valence-corrected chi connectivity index (χ1v) is 8.85. The number of aryl methyl sites for hydroxylation is 1. The number of H-pyrrole nitrogens is 1. The van der Waals surface area contributed by atoms with Crippen LogP contribution in [0.3, 0.4) is 0 Å². The molecule has 2 aromatic heterocycles. The summed E-state index contributed by atoms with van der Waals surface area (Å²) >= 11 is 1.46. The fraction of sp³-hybridized carbons (Fsp3) is 0.222. The molecule has 0 aliphatic rings. The van der Waals surface area contributed by atoms with Gasteiger partial charge in [-0.2, -0.15) is 5.10 Å². The summed E-state index contributed by atoms with van der Waals surface area (Å²) in [5.74, 6) is -0.215. The third-order valence-electron chi connectivity index (χ3n) is 3.77. The Balaban J connectivity index is 1.48. The van der Waals surface area contributed by atoms with Gasteiger partial charge in [-0.1, -0.05) is 30.3 Å². The number of rotatable bonds is 7. The number of nitrogens with zero attached hydrogens (tertiary/aromatic N) is 2. The van der Waals surface area contributed by atoms with E-state index in [0.717, 1.165) is 16.1 Å². The summed E-state index contributed by atoms with van der Waals surface area (Å²) in [7, 11) is 0. The quantitative estimate of drug-likeness (QED) is 0.504. The zero-order chi connectivity index (χ0) is 17.6. The van der Waals surface area contributed by atoms with Crippen molar-refractivity contribution in [2.24, 2.45) is 0 Å². The molecule has 0 bridgehead atoms.